The summed E-state index contributed by atoms with van der Waals surface area (Å²) >= 11 is 0. The molecule has 7 heteroatoms. The van der Waals surface area contributed by atoms with Gasteiger partial charge in [0.25, 0.3) is 11.7 Å². The fourth-order valence-electron chi connectivity index (χ4n) is 4.09. The molecule has 1 fully saturated rings. The van der Waals surface area contributed by atoms with Crippen molar-refractivity contribution in [3.63, 3.8) is 0 Å². The summed E-state index contributed by atoms with van der Waals surface area (Å²) in [6.07, 6.45) is 2.46. The normalized spacial score (nSPS) is 17.3. The number of nitrogens with zero attached hydrogens (tertiary/aromatic N) is 2. The minimum Gasteiger partial charge on any atom is -0.507 e. The molecule has 1 heterocycles. The van der Waals surface area contributed by atoms with Gasteiger partial charge in [0.2, 0.25) is 0 Å². The van der Waals surface area contributed by atoms with Gasteiger partial charge in [0.1, 0.15) is 17.3 Å². The molecule has 1 atom stereocenters. The molecule has 2 aromatic rings. The molecule has 1 aliphatic rings. The van der Waals surface area contributed by atoms with Crippen molar-refractivity contribution in [1.29, 1.82) is 0 Å². The summed E-state index contributed by atoms with van der Waals surface area (Å²) in [7, 11) is 3.93. The Morgan fingerprint density at radius 1 is 0.971 bits per heavy atom. The topological polar surface area (TPSA) is 79.3 Å². The minimum atomic E-state index is -0.696. The smallest absolute Gasteiger partial charge is 0.295 e. The summed E-state index contributed by atoms with van der Waals surface area (Å²) in [6, 6.07) is 13.6. The van der Waals surface area contributed by atoms with Crippen LogP contribution in [0.25, 0.3) is 5.76 Å². The number of ether oxygens (including phenoxy) is 2. The fourth-order valence-corrected chi connectivity index (χ4v) is 4.09. The summed E-state index contributed by atoms with van der Waals surface area (Å²) in [6.45, 7) is 6.39. The van der Waals surface area contributed by atoms with Gasteiger partial charge in [0.15, 0.2) is 0 Å². The van der Waals surface area contributed by atoms with Crippen molar-refractivity contribution < 1.29 is 24.2 Å². The third-order valence-corrected chi connectivity index (χ3v) is 5.79. The Balaban J connectivity index is 2.03. The Hall–Kier alpha value is -3.32. The molecule has 1 amide bonds. The van der Waals surface area contributed by atoms with Gasteiger partial charge in [0.05, 0.1) is 24.8 Å². The number of aliphatic hydroxyl groups excluding tert-OH is 1. The Morgan fingerprint density at radius 2 is 1.63 bits per heavy atom. The molecule has 1 unspecified atom stereocenters. The number of hydrogen-bond donors (Lipinski definition) is 1. The highest BCUT2D eigenvalue weighted by molar-refractivity contribution is 6.46. The van der Waals surface area contributed by atoms with Crippen LogP contribution >= 0.6 is 0 Å². The second kappa shape index (κ2) is 12.4. The van der Waals surface area contributed by atoms with Crippen LogP contribution in [0.2, 0.25) is 0 Å². The van der Waals surface area contributed by atoms with E-state index >= 15 is 0 Å². The number of Topliss-reactive ketones (excluding diaryl/α,β-unsaturated/α-hetero) is 1. The molecular weight excluding hydrogens is 444 g/mol. The van der Waals surface area contributed by atoms with Gasteiger partial charge in [-0.2, -0.15) is 0 Å². The van der Waals surface area contributed by atoms with E-state index in [1.165, 1.54) is 0 Å². The van der Waals surface area contributed by atoms with Crippen LogP contribution in [0, 0.1) is 0 Å². The van der Waals surface area contributed by atoms with Crippen LogP contribution in [-0.2, 0) is 9.59 Å². The predicted octanol–water partition coefficient (Wildman–Crippen LogP) is 4.64. The number of benzene rings is 2. The number of amides is 1. The lowest BCUT2D eigenvalue weighted by Crippen LogP contribution is -2.32. The van der Waals surface area contributed by atoms with E-state index in [1.54, 1.807) is 29.2 Å². The van der Waals surface area contributed by atoms with Gasteiger partial charge < -0.3 is 24.4 Å². The summed E-state index contributed by atoms with van der Waals surface area (Å²) in [5, 5.41) is 11.2. The van der Waals surface area contributed by atoms with Gasteiger partial charge in [-0.3, -0.25) is 9.59 Å². The zero-order valence-electron chi connectivity index (χ0n) is 21.1. The van der Waals surface area contributed by atoms with Crippen molar-refractivity contribution in [1.82, 2.24) is 9.80 Å². The first kappa shape index (κ1) is 26.3. The van der Waals surface area contributed by atoms with Crippen LogP contribution < -0.4 is 9.47 Å². The first-order valence-electron chi connectivity index (χ1n) is 12.3. The van der Waals surface area contributed by atoms with Gasteiger partial charge in [-0.25, -0.2) is 0 Å². The van der Waals surface area contributed by atoms with Crippen LogP contribution in [-0.4, -0.2) is 67.0 Å². The number of carbonyl (C=O) groups is 2. The molecule has 0 aliphatic carbocycles. The molecule has 3 rings (SSSR count). The van der Waals surface area contributed by atoms with Crippen molar-refractivity contribution in [2.75, 3.05) is 40.4 Å². The predicted molar refractivity (Wildman–Crippen MR) is 137 cm³/mol. The SMILES string of the molecule is CCCOc1ccc(C(O)=C2C(=O)C(=O)N(CCCN(C)C)C2c2cccc(OCCC)c2)cc1. The number of likely N-dealkylation sites (tertiary alicyclic amines) is 1. The molecule has 0 spiro atoms. The third kappa shape index (κ3) is 6.42. The van der Waals surface area contributed by atoms with Crippen LogP contribution in [0.1, 0.15) is 50.3 Å². The van der Waals surface area contributed by atoms with E-state index < -0.39 is 17.7 Å². The van der Waals surface area contributed by atoms with Crippen molar-refractivity contribution in [3.05, 3.63) is 65.2 Å². The van der Waals surface area contributed by atoms with Crippen molar-refractivity contribution >= 4 is 17.4 Å². The Morgan fingerprint density at radius 3 is 2.26 bits per heavy atom. The summed E-state index contributed by atoms with van der Waals surface area (Å²) in [5.41, 5.74) is 1.28. The van der Waals surface area contributed by atoms with E-state index in [4.69, 9.17) is 9.47 Å². The molecule has 0 saturated carbocycles. The summed E-state index contributed by atoms with van der Waals surface area (Å²) in [5.74, 6) is -0.113. The van der Waals surface area contributed by atoms with Gasteiger partial charge in [-0.05, 0) is 81.9 Å². The fraction of sp³-hybridized carbons (Fsp3) is 0.429. The minimum absolute atomic E-state index is 0.0923. The molecule has 1 saturated heterocycles. The number of aliphatic hydroxyl groups is 1. The van der Waals surface area contributed by atoms with Crippen LogP contribution in [0.15, 0.2) is 54.1 Å². The van der Waals surface area contributed by atoms with Crippen molar-refractivity contribution in [3.8, 4) is 11.5 Å². The van der Waals surface area contributed by atoms with Crippen molar-refractivity contribution in [2.24, 2.45) is 0 Å². The Bertz CT molecular complexity index is 1050. The molecule has 1 aliphatic heterocycles. The van der Waals surface area contributed by atoms with E-state index in [0.717, 1.165) is 24.9 Å². The van der Waals surface area contributed by atoms with Gasteiger partial charge in [0, 0.05) is 12.1 Å². The molecule has 2 aromatic carbocycles. The molecule has 188 valence electrons. The molecular formula is C28H36N2O5. The first-order chi connectivity index (χ1) is 16.9. The monoisotopic (exact) mass is 480 g/mol. The lowest BCUT2D eigenvalue weighted by Gasteiger charge is -2.26. The summed E-state index contributed by atoms with van der Waals surface area (Å²) in [4.78, 5) is 29.9. The maximum Gasteiger partial charge on any atom is 0.295 e. The maximum atomic E-state index is 13.2. The second-order valence-electron chi connectivity index (χ2n) is 8.94. The van der Waals surface area contributed by atoms with E-state index in [1.807, 2.05) is 57.1 Å². The molecule has 0 radical (unpaired) electrons. The first-order valence-corrected chi connectivity index (χ1v) is 12.3. The Kier molecular flexibility index (Phi) is 9.32. The highest BCUT2D eigenvalue weighted by Gasteiger charge is 2.45. The number of hydrogen-bond acceptors (Lipinski definition) is 6. The maximum absolute atomic E-state index is 13.2. The van der Waals surface area contributed by atoms with Gasteiger partial charge in [-0.15, -0.1) is 0 Å². The van der Waals surface area contributed by atoms with Crippen LogP contribution in [0.4, 0.5) is 0 Å². The summed E-state index contributed by atoms with van der Waals surface area (Å²) < 4.78 is 11.4. The molecule has 1 N–H and O–H groups in total. The molecule has 0 bridgehead atoms. The van der Waals surface area contributed by atoms with Crippen LogP contribution in [0.5, 0.6) is 11.5 Å². The zero-order valence-corrected chi connectivity index (χ0v) is 21.1. The number of carbonyl (C=O) groups excluding carboxylic acids is 2. The van der Waals surface area contributed by atoms with E-state index in [2.05, 4.69) is 0 Å². The third-order valence-electron chi connectivity index (χ3n) is 5.79. The van der Waals surface area contributed by atoms with Crippen LogP contribution in [0.3, 0.4) is 0 Å². The number of rotatable bonds is 12. The lowest BCUT2D eigenvalue weighted by molar-refractivity contribution is -0.139. The zero-order chi connectivity index (χ0) is 25.4. The largest absolute Gasteiger partial charge is 0.507 e. The van der Waals surface area contributed by atoms with Gasteiger partial charge in [-0.1, -0.05) is 26.0 Å². The van der Waals surface area contributed by atoms with E-state index in [9.17, 15) is 14.7 Å². The average molecular weight is 481 g/mol. The molecule has 7 nitrogen and oxygen atoms in total. The second-order valence-corrected chi connectivity index (χ2v) is 8.94. The highest BCUT2D eigenvalue weighted by atomic mass is 16.5. The lowest BCUT2D eigenvalue weighted by atomic mass is 9.95. The van der Waals surface area contributed by atoms with E-state index in [-0.39, 0.29) is 11.3 Å². The molecule has 0 aromatic heterocycles. The average Bonchev–Trinajstić information content (AvgIpc) is 3.11. The molecule has 35 heavy (non-hydrogen) atoms. The Labute approximate surface area is 207 Å². The number of ketones is 1. The van der Waals surface area contributed by atoms with Gasteiger partial charge >= 0.3 is 0 Å². The standard InChI is InChI=1S/C28H36N2O5/c1-5-17-34-22-13-11-20(12-14-22)26(31)24-25(21-9-7-10-23(19-21)35-18-6-2)30(28(33)27(24)32)16-8-15-29(3)4/h7,9-14,19,25,31H,5-6,8,15-18H2,1-4H3. The van der Waals surface area contributed by atoms with Crippen molar-refractivity contribution in [2.45, 2.75) is 39.2 Å². The highest BCUT2D eigenvalue weighted by Crippen LogP contribution is 2.40. The quantitative estimate of drug-likeness (QED) is 0.271. The van der Waals surface area contributed by atoms with E-state index in [0.29, 0.717) is 43.2 Å².